The highest BCUT2D eigenvalue weighted by atomic mass is 35.5. The van der Waals surface area contributed by atoms with Gasteiger partial charge in [-0.15, -0.1) is 23.2 Å². The largest absolute Gasteiger partial charge is 0.109 e. The highest BCUT2D eigenvalue weighted by Crippen LogP contribution is 2.22. The Morgan fingerprint density at radius 3 is 2.15 bits per heavy atom. The van der Waals surface area contributed by atoms with E-state index in [-0.39, 0.29) is 4.46 Å². The van der Waals surface area contributed by atoms with Crippen molar-refractivity contribution in [2.45, 2.75) is 23.6 Å². The molecule has 3 heteroatoms. The van der Waals surface area contributed by atoms with E-state index in [4.69, 9.17) is 23.2 Å². The molecule has 0 spiro atoms. The summed E-state index contributed by atoms with van der Waals surface area (Å²) < 4.78 is -0.187. The molecule has 1 rings (SSSR count). The highest BCUT2D eigenvalue weighted by Gasteiger charge is 2.28. The van der Waals surface area contributed by atoms with Gasteiger partial charge in [0.25, 0.3) is 0 Å². The van der Waals surface area contributed by atoms with Crippen molar-refractivity contribution in [3.8, 4) is 0 Å². The number of hydrogen-bond acceptors (Lipinski definition) is 0. The fourth-order valence-electron chi connectivity index (χ4n) is 1.20. The summed E-state index contributed by atoms with van der Waals surface area (Å²) in [7, 11) is -1.49. The van der Waals surface area contributed by atoms with Gasteiger partial charge in [-0.2, -0.15) is 0 Å². The molecule has 0 fully saturated rings. The average Bonchev–Trinajstić information content (AvgIpc) is 2.05. The number of halogens is 2. The van der Waals surface area contributed by atoms with Crippen molar-refractivity contribution in [1.29, 1.82) is 0 Å². The Labute approximate surface area is 90.9 Å². The summed E-state index contributed by atoms with van der Waals surface area (Å²) in [5, 5.41) is 0. The molecule has 13 heavy (non-hydrogen) atoms. The third kappa shape index (κ3) is 3.33. The summed E-state index contributed by atoms with van der Waals surface area (Å²) >= 11 is 11.9. The molecule has 0 atom stereocenters. The van der Waals surface area contributed by atoms with Crippen molar-refractivity contribution in [3.05, 3.63) is 35.9 Å². The number of hydrogen-bond donors (Lipinski definition) is 0. The third-order valence-corrected chi connectivity index (χ3v) is 8.14. The van der Waals surface area contributed by atoms with Gasteiger partial charge in [-0.3, -0.25) is 0 Å². The lowest BCUT2D eigenvalue weighted by Gasteiger charge is -2.23. The van der Waals surface area contributed by atoms with Crippen LogP contribution in [0.2, 0.25) is 13.1 Å². The molecule has 0 N–H and O–H groups in total. The van der Waals surface area contributed by atoms with E-state index in [0.29, 0.717) is 0 Å². The van der Waals surface area contributed by atoms with Crippen LogP contribution in [-0.4, -0.2) is 12.5 Å². The van der Waals surface area contributed by atoms with Gasteiger partial charge in [-0.05, 0) is 6.04 Å². The topological polar surface area (TPSA) is 0 Å². The van der Waals surface area contributed by atoms with Gasteiger partial charge in [0.1, 0.15) is 0 Å². The SMILES string of the molecule is C[Si](C)(Cc1ccccc1)C(Cl)Cl. The third-order valence-electron chi connectivity index (χ3n) is 2.09. The molecule has 0 aliphatic rings. The molecule has 0 aliphatic heterocycles. The number of rotatable bonds is 3. The minimum Gasteiger partial charge on any atom is -0.109 e. The standard InChI is InChI=1S/C10H14Cl2Si/c1-13(2,10(11)12)8-9-6-4-3-5-7-9/h3-7,10H,8H2,1-2H3. The van der Waals surface area contributed by atoms with Crippen LogP contribution in [0.4, 0.5) is 0 Å². The van der Waals surface area contributed by atoms with Crippen molar-refractivity contribution in [2.75, 3.05) is 0 Å². The summed E-state index contributed by atoms with van der Waals surface area (Å²) in [6.07, 6.45) is 0. The molecule has 1 aromatic rings. The molecule has 0 unspecified atom stereocenters. The zero-order valence-electron chi connectivity index (χ0n) is 7.93. The van der Waals surface area contributed by atoms with Crippen molar-refractivity contribution >= 4 is 31.3 Å². The monoisotopic (exact) mass is 232 g/mol. The van der Waals surface area contributed by atoms with Gasteiger partial charge in [0, 0.05) is 0 Å². The highest BCUT2D eigenvalue weighted by molar-refractivity contribution is 6.91. The first-order chi connectivity index (χ1) is 6.02. The molecule has 1 aromatic carbocycles. The second-order valence-electron chi connectivity index (χ2n) is 3.95. The van der Waals surface area contributed by atoms with E-state index in [1.165, 1.54) is 5.56 Å². The van der Waals surface area contributed by atoms with Crippen LogP contribution < -0.4 is 0 Å². The molecule has 0 nitrogen and oxygen atoms in total. The zero-order valence-corrected chi connectivity index (χ0v) is 10.4. The fraction of sp³-hybridized carbons (Fsp3) is 0.400. The minimum absolute atomic E-state index is 0.187. The molecule has 0 heterocycles. The van der Waals surface area contributed by atoms with Crippen LogP contribution in [0, 0.1) is 0 Å². The van der Waals surface area contributed by atoms with E-state index in [1.807, 2.05) is 6.07 Å². The first kappa shape index (κ1) is 11.1. The zero-order chi connectivity index (χ0) is 9.90. The van der Waals surface area contributed by atoms with E-state index in [9.17, 15) is 0 Å². The van der Waals surface area contributed by atoms with E-state index in [1.54, 1.807) is 0 Å². The predicted molar refractivity (Wildman–Crippen MR) is 63.1 cm³/mol. The average molecular weight is 233 g/mol. The van der Waals surface area contributed by atoms with Gasteiger partial charge < -0.3 is 0 Å². The quantitative estimate of drug-likeness (QED) is 0.550. The molecule has 72 valence electrons. The molecule has 0 saturated carbocycles. The van der Waals surface area contributed by atoms with Gasteiger partial charge in [0.2, 0.25) is 0 Å². The lowest BCUT2D eigenvalue weighted by atomic mass is 10.2. The Morgan fingerprint density at radius 2 is 1.69 bits per heavy atom. The normalized spacial score (nSPS) is 12.1. The van der Waals surface area contributed by atoms with Crippen LogP contribution in [-0.2, 0) is 6.04 Å². The molecular weight excluding hydrogens is 219 g/mol. The summed E-state index contributed by atoms with van der Waals surface area (Å²) in [6.45, 7) is 4.43. The van der Waals surface area contributed by atoms with Crippen molar-refractivity contribution < 1.29 is 0 Å². The predicted octanol–water partition coefficient (Wildman–Crippen LogP) is 3.82. The van der Waals surface area contributed by atoms with E-state index in [2.05, 4.69) is 37.4 Å². The molecule has 0 saturated heterocycles. The van der Waals surface area contributed by atoms with Crippen molar-refractivity contribution in [2.24, 2.45) is 0 Å². The van der Waals surface area contributed by atoms with Gasteiger partial charge in [-0.25, -0.2) is 0 Å². The molecule has 0 amide bonds. The second kappa shape index (κ2) is 4.49. The Bertz CT molecular complexity index is 257. The van der Waals surface area contributed by atoms with Crippen LogP contribution in [0.5, 0.6) is 0 Å². The maximum absolute atomic E-state index is 5.95. The molecule has 0 radical (unpaired) electrons. The second-order valence-corrected chi connectivity index (χ2v) is 10.7. The number of alkyl halides is 2. The first-order valence-electron chi connectivity index (χ1n) is 4.34. The fourth-order valence-corrected chi connectivity index (χ4v) is 3.10. The van der Waals surface area contributed by atoms with Gasteiger partial charge in [0.15, 0.2) is 0 Å². The van der Waals surface area contributed by atoms with E-state index in [0.717, 1.165) is 6.04 Å². The Kier molecular flexibility index (Phi) is 3.83. The van der Waals surface area contributed by atoms with Crippen molar-refractivity contribution in [1.82, 2.24) is 0 Å². The smallest absolute Gasteiger partial charge is 0.0974 e. The lowest BCUT2D eigenvalue weighted by molar-refractivity contribution is 1.29. The summed E-state index contributed by atoms with van der Waals surface area (Å²) in [5.74, 6) is 0. The molecule has 0 aliphatic carbocycles. The van der Waals surface area contributed by atoms with E-state index < -0.39 is 8.07 Å². The Balaban J connectivity index is 2.69. The maximum atomic E-state index is 5.95. The van der Waals surface area contributed by atoms with Crippen LogP contribution in [0.1, 0.15) is 5.56 Å². The van der Waals surface area contributed by atoms with Crippen LogP contribution in [0.3, 0.4) is 0 Å². The number of benzene rings is 1. The van der Waals surface area contributed by atoms with Gasteiger partial charge in [0.05, 0.1) is 12.5 Å². The van der Waals surface area contributed by atoms with Gasteiger partial charge >= 0.3 is 0 Å². The minimum atomic E-state index is -1.49. The summed E-state index contributed by atoms with van der Waals surface area (Å²) in [6, 6.07) is 11.4. The summed E-state index contributed by atoms with van der Waals surface area (Å²) in [4.78, 5) is 0. The lowest BCUT2D eigenvalue weighted by Crippen LogP contribution is -2.37. The molecule has 0 aromatic heterocycles. The van der Waals surface area contributed by atoms with Gasteiger partial charge in [-0.1, -0.05) is 49.0 Å². The maximum Gasteiger partial charge on any atom is 0.0974 e. The molecular formula is C10H14Cl2Si. The van der Waals surface area contributed by atoms with E-state index >= 15 is 0 Å². The summed E-state index contributed by atoms with van der Waals surface area (Å²) in [5.41, 5.74) is 1.34. The van der Waals surface area contributed by atoms with Crippen molar-refractivity contribution in [3.63, 3.8) is 0 Å². The first-order valence-corrected chi connectivity index (χ1v) is 8.50. The van der Waals surface area contributed by atoms with Crippen LogP contribution in [0.15, 0.2) is 30.3 Å². The van der Waals surface area contributed by atoms with Crippen LogP contribution >= 0.6 is 23.2 Å². The molecule has 0 bridgehead atoms. The Morgan fingerprint density at radius 1 is 1.15 bits per heavy atom. The van der Waals surface area contributed by atoms with Crippen LogP contribution in [0.25, 0.3) is 0 Å². The Hall–Kier alpha value is 0.0169.